The molecule has 0 spiro atoms. The predicted octanol–water partition coefficient (Wildman–Crippen LogP) is 3.48. The van der Waals surface area contributed by atoms with Crippen LogP contribution >= 0.6 is 12.4 Å². The van der Waals surface area contributed by atoms with Crippen molar-refractivity contribution in [1.29, 1.82) is 0 Å². The molecular weight excluding hydrogens is 198 g/mol. The molecule has 14 heavy (non-hydrogen) atoms. The summed E-state index contributed by atoms with van der Waals surface area (Å²) in [6.45, 7) is 2.25. The van der Waals surface area contributed by atoms with Gasteiger partial charge >= 0.3 is 0 Å². The van der Waals surface area contributed by atoms with Gasteiger partial charge in [0.25, 0.3) is 0 Å². The van der Waals surface area contributed by atoms with Crippen LogP contribution in [0.3, 0.4) is 0 Å². The summed E-state index contributed by atoms with van der Waals surface area (Å²) < 4.78 is 4.97. The number of nitrogens with two attached hydrogens (primary N) is 1. The first kappa shape index (κ1) is 16.6. The Kier molecular flexibility index (Phi) is 15.7. The van der Waals surface area contributed by atoms with Crippen molar-refractivity contribution in [1.82, 2.24) is 0 Å². The van der Waals surface area contributed by atoms with E-state index in [9.17, 15) is 0 Å². The van der Waals surface area contributed by atoms with E-state index in [4.69, 9.17) is 10.5 Å². The molecule has 0 saturated heterocycles. The maximum absolute atomic E-state index is 5.61. The summed E-state index contributed by atoms with van der Waals surface area (Å²) in [6.07, 6.45) is 10.3. The van der Waals surface area contributed by atoms with Crippen LogP contribution in [0.2, 0.25) is 0 Å². The molecule has 2 N–H and O–H groups in total. The number of methoxy groups -OCH3 is 1. The van der Waals surface area contributed by atoms with E-state index in [1.165, 1.54) is 44.9 Å². The van der Waals surface area contributed by atoms with Gasteiger partial charge in [-0.2, -0.15) is 0 Å². The Morgan fingerprint density at radius 3 is 2.00 bits per heavy atom. The number of unbranched alkanes of at least 4 members (excludes halogenated alkanes) is 6. The zero-order valence-corrected chi connectivity index (χ0v) is 10.4. The third-order valence-corrected chi connectivity index (χ3v) is 2.39. The van der Waals surface area contributed by atoms with E-state index >= 15 is 0 Å². The number of hydrogen-bond donors (Lipinski definition) is 1. The molecule has 0 saturated carbocycles. The normalized spacial score (nSPS) is 12.2. The highest BCUT2D eigenvalue weighted by Gasteiger charge is 1.98. The van der Waals surface area contributed by atoms with E-state index < -0.39 is 0 Å². The minimum absolute atomic E-state index is 0. The molecular formula is C11H26ClNO. The lowest BCUT2D eigenvalue weighted by atomic mass is 10.1. The molecule has 0 amide bonds. The Balaban J connectivity index is 0. The summed E-state index contributed by atoms with van der Waals surface area (Å²) in [5.41, 5.74) is 5.61. The first-order valence-corrected chi connectivity index (χ1v) is 5.59. The zero-order chi connectivity index (χ0) is 9.94. The second-order valence-electron chi connectivity index (χ2n) is 3.68. The average molecular weight is 224 g/mol. The lowest BCUT2D eigenvalue weighted by Gasteiger charge is -2.08. The van der Waals surface area contributed by atoms with E-state index in [2.05, 4.69) is 6.92 Å². The van der Waals surface area contributed by atoms with E-state index in [1.807, 2.05) is 0 Å². The highest BCUT2D eigenvalue weighted by Crippen LogP contribution is 2.09. The molecule has 0 bridgehead atoms. The summed E-state index contributed by atoms with van der Waals surface area (Å²) >= 11 is 0. The molecule has 88 valence electrons. The maximum atomic E-state index is 5.61. The van der Waals surface area contributed by atoms with E-state index in [1.54, 1.807) is 7.11 Å². The van der Waals surface area contributed by atoms with Crippen molar-refractivity contribution >= 4 is 12.4 Å². The van der Waals surface area contributed by atoms with Gasteiger partial charge < -0.3 is 10.5 Å². The van der Waals surface area contributed by atoms with Crippen molar-refractivity contribution in [2.24, 2.45) is 5.73 Å². The van der Waals surface area contributed by atoms with Crippen LogP contribution < -0.4 is 5.73 Å². The third kappa shape index (κ3) is 12.2. The molecule has 0 aromatic carbocycles. The molecule has 1 unspecified atom stereocenters. The predicted molar refractivity (Wildman–Crippen MR) is 64.8 cm³/mol. The lowest BCUT2D eigenvalue weighted by Crippen LogP contribution is -2.21. The monoisotopic (exact) mass is 223 g/mol. The van der Waals surface area contributed by atoms with Crippen molar-refractivity contribution < 1.29 is 4.74 Å². The summed E-state index contributed by atoms with van der Waals surface area (Å²) in [4.78, 5) is 0. The van der Waals surface area contributed by atoms with Gasteiger partial charge in [-0.1, -0.05) is 45.4 Å². The van der Waals surface area contributed by atoms with Crippen LogP contribution in [0.1, 0.15) is 58.3 Å². The van der Waals surface area contributed by atoms with Crippen LogP contribution in [0.4, 0.5) is 0 Å². The maximum Gasteiger partial charge on any atom is 0.105 e. The van der Waals surface area contributed by atoms with Crippen LogP contribution in [0.15, 0.2) is 0 Å². The third-order valence-electron chi connectivity index (χ3n) is 2.39. The number of halogens is 1. The molecule has 0 aromatic heterocycles. The number of ether oxygens (including phenoxy) is 1. The fourth-order valence-electron chi connectivity index (χ4n) is 1.42. The quantitative estimate of drug-likeness (QED) is 0.480. The lowest BCUT2D eigenvalue weighted by molar-refractivity contribution is 0.0983. The van der Waals surface area contributed by atoms with Gasteiger partial charge in [-0.3, -0.25) is 0 Å². The van der Waals surface area contributed by atoms with E-state index in [0.717, 1.165) is 6.42 Å². The second-order valence-corrected chi connectivity index (χ2v) is 3.68. The minimum atomic E-state index is -0.0457. The molecule has 0 aromatic rings. The zero-order valence-electron chi connectivity index (χ0n) is 9.63. The summed E-state index contributed by atoms with van der Waals surface area (Å²) in [6, 6.07) is 0. The fourth-order valence-corrected chi connectivity index (χ4v) is 1.42. The highest BCUT2D eigenvalue weighted by atomic mass is 35.5. The largest absolute Gasteiger partial charge is 0.367 e. The van der Waals surface area contributed by atoms with Crippen molar-refractivity contribution in [2.75, 3.05) is 7.11 Å². The number of hydrogen-bond acceptors (Lipinski definition) is 2. The molecule has 1 atom stereocenters. The molecule has 3 heteroatoms. The summed E-state index contributed by atoms with van der Waals surface area (Å²) in [7, 11) is 1.67. The van der Waals surface area contributed by atoms with E-state index in [0.29, 0.717) is 0 Å². The molecule has 2 nitrogen and oxygen atoms in total. The van der Waals surface area contributed by atoms with Crippen molar-refractivity contribution in [3.8, 4) is 0 Å². The van der Waals surface area contributed by atoms with Crippen LogP contribution in [0.25, 0.3) is 0 Å². The molecule has 0 fully saturated rings. The van der Waals surface area contributed by atoms with Crippen molar-refractivity contribution in [3.05, 3.63) is 0 Å². The Bertz CT molecular complexity index is 101. The highest BCUT2D eigenvalue weighted by molar-refractivity contribution is 5.85. The molecule has 0 aliphatic heterocycles. The molecule has 0 aliphatic carbocycles. The number of rotatable bonds is 9. The Labute approximate surface area is 95.0 Å². The molecule has 0 rings (SSSR count). The minimum Gasteiger partial charge on any atom is -0.367 e. The Morgan fingerprint density at radius 1 is 1.00 bits per heavy atom. The van der Waals surface area contributed by atoms with Crippen LogP contribution in [0, 0.1) is 0 Å². The van der Waals surface area contributed by atoms with Crippen LogP contribution in [-0.4, -0.2) is 13.3 Å². The average Bonchev–Trinajstić information content (AvgIpc) is 2.16. The topological polar surface area (TPSA) is 35.2 Å². The molecule has 0 aliphatic rings. The van der Waals surface area contributed by atoms with Gasteiger partial charge in [0.2, 0.25) is 0 Å². The van der Waals surface area contributed by atoms with Crippen molar-refractivity contribution in [3.63, 3.8) is 0 Å². The van der Waals surface area contributed by atoms with Gasteiger partial charge in [0.1, 0.15) is 6.23 Å². The first-order valence-electron chi connectivity index (χ1n) is 5.59. The Hall–Kier alpha value is 0.210. The molecule has 0 radical (unpaired) electrons. The Morgan fingerprint density at radius 2 is 1.50 bits per heavy atom. The summed E-state index contributed by atoms with van der Waals surface area (Å²) in [5.74, 6) is 0. The second kappa shape index (κ2) is 13.2. The summed E-state index contributed by atoms with van der Waals surface area (Å²) in [5, 5.41) is 0. The van der Waals surface area contributed by atoms with Crippen LogP contribution in [0.5, 0.6) is 0 Å². The fraction of sp³-hybridized carbons (Fsp3) is 1.00. The standard InChI is InChI=1S/C11H25NO.ClH/c1-3-4-5-6-7-8-9-10-11(12)13-2;/h11H,3-10,12H2,1-2H3;1H. The van der Waals surface area contributed by atoms with Gasteiger partial charge in [0.15, 0.2) is 0 Å². The van der Waals surface area contributed by atoms with Crippen molar-refractivity contribution in [2.45, 2.75) is 64.5 Å². The SMILES string of the molecule is CCCCCCCCCC(N)OC.Cl. The van der Waals surface area contributed by atoms with Crippen LogP contribution in [-0.2, 0) is 4.74 Å². The van der Waals surface area contributed by atoms with Gasteiger partial charge in [-0.15, -0.1) is 12.4 Å². The van der Waals surface area contributed by atoms with Gasteiger partial charge in [-0.25, -0.2) is 0 Å². The van der Waals surface area contributed by atoms with Gasteiger partial charge in [0.05, 0.1) is 0 Å². The smallest absolute Gasteiger partial charge is 0.105 e. The first-order chi connectivity index (χ1) is 6.31. The van der Waals surface area contributed by atoms with Gasteiger partial charge in [0, 0.05) is 7.11 Å². The van der Waals surface area contributed by atoms with Gasteiger partial charge in [-0.05, 0) is 12.8 Å². The molecule has 0 heterocycles. The van der Waals surface area contributed by atoms with E-state index in [-0.39, 0.29) is 18.6 Å².